The normalized spacial score (nSPS) is 20.0. The summed E-state index contributed by atoms with van der Waals surface area (Å²) in [7, 11) is 0. The second-order valence-electron chi connectivity index (χ2n) is 6.39. The van der Waals surface area contributed by atoms with E-state index in [0.717, 1.165) is 38.2 Å². The highest BCUT2D eigenvalue weighted by Gasteiger charge is 2.20. The molecule has 0 saturated heterocycles. The lowest BCUT2D eigenvalue weighted by molar-refractivity contribution is 0.120. The fourth-order valence-electron chi connectivity index (χ4n) is 2.95. The van der Waals surface area contributed by atoms with Crippen LogP contribution in [0.3, 0.4) is 0 Å². The molecular weight excluding hydrogens is 459 g/mol. The standard InChI is InChI=1S/C18H26N6O2.HI/c1-2-19-18(22-13-6-8-14(25)9-7-13)21-12-10-16-23-17(26-24-16)15-5-3-4-11-20-15;/h3-5,11,13-14,25H,2,6-10,12H2,1H3,(H2,19,21,22);1H. The molecule has 2 heterocycles. The van der Waals surface area contributed by atoms with E-state index in [1.807, 2.05) is 25.1 Å². The first-order chi connectivity index (χ1) is 12.7. The van der Waals surface area contributed by atoms with E-state index in [9.17, 15) is 5.11 Å². The summed E-state index contributed by atoms with van der Waals surface area (Å²) in [5.41, 5.74) is 0.671. The molecule has 8 nitrogen and oxygen atoms in total. The zero-order chi connectivity index (χ0) is 18.2. The monoisotopic (exact) mass is 486 g/mol. The second kappa shape index (κ2) is 11.2. The van der Waals surface area contributed by atoms with Gasteiger partial charge in [-0.15, -0.1) is 24.0 Å². The van der Waals surface area contributed by atoms with Crippen molar-refractivity contribution in [1.82, 2.24) is 25.8 Å². The first kappa shape index (κ1) is 21.5. The Kier molecular flexibility index (Phi) is 8.92. The molecule has 3 rings (SSSR count). The third kappa shape index (κ3) is 6.73. The Hall–Kier alpha value is -1.75. The molecule has 9 heteroatoms. The van der Waals surface area contributed by atoms with Crippen molar-refractivity contribution in [3.05, 3.63) is 30.2 Å². The van der Waals surface area contributed by atoms with E-state index in [1.165, 1.54) is 0 Å². The van der Waals surface area contributed by atoms with Gasteiger partial charge in [-0.05, 0) is 44.7 Å². The molecule has 1 fully saturated rings. The Morgan fingerprint density at radius 2 is 2.11 bits per heavy atom. The molecule has 2 aromatic rings. The molecule has 0 aromatic carbocycles. The van der Waals surface area contributed by atoms with Gasteiger partial charge in [-0.1, -0.05) is 11.2 Å². The lowest BCUT2D eigenvalue weighted by Gasteiger charge is -2.27. The molecule has 0 radical (unpaired) electrons. The number of aliphatic hydroxyl groups is 1. The summed E-state index contributed by atoms with van der Waals surface area (Å²) in [4.78, 5) is 13.2. The van der Waals surface area contributed by atoms with Gasteiger partial charge in [0.05, 0.1) is 6.10 Å². The topological polar surface area (TPSA) is 108 Å². The van der Waals surface area contributed by atoms with Crippen LogP contribution in [0.4, 0.5) is 0 Å². The maximum absolute atomic E-state index is 9.62. The van der Waals surface area contributed by atoms with Gasteiger partial charge in [0.1, 0.15) is 5.69 Å². The Bertz CT molecular complexity index is 701. The molecule has 0 atom stereocenters. The van der Waals surface area contributed by atoms with Crippen LogP contribution in [0.2, 0.25) is 0 Å². The summed E-state index contributed by atoms with van der Waals surface area (Å²) >= 11 is 0. The van der Waals surface area contributed by atoms with Gasteiger partial charge in [0.15, 0.2) is 11.8 Å². The maximum atomic E-state index is 9.62. The van der Waals surface area contributed by atoms with Crippen molar-refractivity contribution in [1.29, 1.82) is 0 Å². The molecule has 0 bridgehead atoms. The number of nitrogens with zero attached hydrogens (tertiary/aromatic N) is 4. The van der Waals surface area contributed by atoms with E-state index >= 15 is 0 Å². The first-order valence-corrected chi connectivity index (χ1v) is 9.21. The number of aliphatic hydroxyl groups excluding tert-OH is 1. The third-order valence-electron chi connectivity index (χ3n) is 4.34. The lowest BCUT2D eigenvalue weighted by Crippen LogP contribution is -2.45. The summed E-state index contributed by atoms with van der Waals surface area (Å²) < 4.78 is 5.26. The van der Waals surface area contributed by atoms with E-state index in [0.29, 0.717) is 36.4 Å². The maximum Gasteiger partial charge on any atom is 0.276 e. The summed E-state index contributed by atoms with van der Waals surface area (Å²) in [6, 6.07) is 5.92. The molecule has 27 heavy (non-hydrogen) atoms. The molecule has 1 saturated carbocycles. The number of rotatable bonds is 6. The van der Waals surface area contributed by atoms with Crippen molar-refractivity contribution in [2.75, 3.05) is 13.1 Å². The number of pyridine rings is 1. The van der Waals surface area contributed by atoms with E-state index in [-0.39, 0.29) is 30.1 Å². The molecule has 0 unspecified atom stereocenters. The van der Waals surface area contributed by atoms with Crippen molar-refractivity contribution in [2.45, 2.75) is 51.2 Å². The molecule has 1 aliphatic rings. The zero-order valence-electron chi connectivity index (χ0n) is 15.5. The number of nitrogens with one attached hydrogen (secondary N) is 2. The van der Waals surface area contributed by atoms with Gasteiger partial charge in [-0.25, -0.2) is 0 Å². The number of hydrogen-bond acceptors (Lipinski definition) is 6. The van der Waals surface area contributed by atoms with Crippen LogP contribution in [-0.2, 0) is 6.42 Å². The average Bonchev–Trinajstić information content (AvgIpc) is 3.13. The minimum Gasteiger partial charge on any atom is -0.393 e. The SMILES string of the molecule is CCNC(=NCCc1noc(-c2ccccn2)n1)NC1CCC(O)CC1.I. The van der Waals surface area contributed by atoms with Crippen molar-refractivity contribution in [2.24, 2.45) is 4.99 Å². The van der Waals surface area contributed by atoms with Crippen molar-refractivity contribution in [3.8, 4) is 11.6 Å². The largest absolute Gasteiger partial charge is 0.393 e. The summed E-state index contributed by atoms with van der Waals surface area (Å²) in [6.45, 7) is 3.40. The van der Waals surface area contributed by atoms with Gasteiger partial charge in [0.25, 0.3) is 5.89 Å². The van der Waals surface area contributed by atoms with Gasteiger partial charge < -0.3 is 20.3 Å². The summed E-state index contributed by atoms with van der Waals surface area (Å²) in [6.07, 6.45) is 5.75. The van der Waals surface area contributed by atoms with Crippen LogP contribution in [0, 0.1) is 0 Å². The van der Waals surface area contributed by atoms with Crippen LogP contribution < -0.4 is 10.6 Å². The molecule has 2 aromatic heterocycles. The van der Waals surface area contributed by atoms with E-state index < -0.39 is 0 Å². The average molecular weight is 486 g/mol. The van der Waals surface area contributed by atoms with Crippen LogP contribution in [0.15, 0.2) is 33.9 Å². The summed E-state index contributed by atoms with van der Waals surface area (Å²) in [5, 5.41) is 20.3. The van der Waals surface area contributed by atoms with Gasteiger partial charge in [0.2, 0.25) is 0 Å². The predicted molar refractivity (Wildman–Crippen MR) is 114 cm³/mol. The highest BCUT2D eigenvalue weighted by Crippen LogP contribution is 2.18. The van der Waals surface area contributed by atoms with Crippen LogP contribution in [0.1, 0.15) is 38.4 Å². The Balaban J connectivity index is 0.00000261. The molecule has 0 aliphatic heterocycles. The fourth-order valence-corrected chi connectivity index (χ4v) is 2.95. The minimum absolute atomic E-state index is 0. The van der Waals surface area contributed by atoms with Crippen molar-refractivity contribution in [3.63, 3.8) is 0 Å². The minimum atomic E-state index is -0.154. The molecule has 1 aliphatic carbocycles. The van der Waals surface area contributed by atoms with Gasteiger partial charge in [-0.3, -0.25) is 9.98 Å². The van der Waals surface area contributed by atoms with Crippen molar-refractivity contribution >= 4 is 29.9 Å². The Morgan fingerprint density at radius 3 is 2.81 bits per heavy atom. The number of aromatic nitrogens is 3. The smallest absolute Gasteiger partial charge is 0.276 e. The van der Waals surface area contributed by atoms with E-state index in [2.05, 4.69) is 30.8 Å². The second-order valence-corrected chi connectivity index (χ2v) is 6.39. The molecule has 148 valence electrons. The van der Waals surface area contributed by atoms with Crippen molar-refractivity contribution < 1.29 is 9.63 Å². The number of hydrogen-bond donors (Lipinski definition) is 3. The predicted octanol–water partition coefficient (Wildman–Crippen LogP) is 2.15. The van der Waals surface area contributed by atoms with E-state index in [1.54, 1.807) is 6.20 Å². The highest BCUT2D eigenvalue weighted by molar-refractivity contribution is 14.0. The Labute approximate surface area is 176 Å². The summed E-state index contributed by atoms with van der Waals surface area (Å²) in [5.74, 6) is 1.84. The molecule has 0 amide bonds. The molecule has 3 N–H and O–H groups in total. The first-order valence-electron chi connectivity index (χ1n) is 9.21. The quantitative estimate of drug-likeness (QED) is 0.326. The number of guanidine groups is 1. The number of aliphatic imine (C=N–C) groups is 1. The number of halogens is 1. The van der Waals surface area contributed by atoms with Crippen LogP contribution in [0.5, 0.6) is 0 Å². The lowest BCUT2D eigenvalue weighted by atomic mass is 9.93. The van der Waals surface area contributed by atoms with Gasteiger partial charge >= 0.3 is 0 Å². The third-order valence-corrected chi connectivity index (χ3v) is 4.34. The van der Waals surface area contributed by atoms with Crippen LogP contribution in [0.25, 0.3) is 11.6 Å². The van der Waals surface area contributed by atoms with Gasteiger partial charge in [0, 0.05) is 31.7 Å². The highest BCUT2D eigenvalue weighted by atomic mass is 127. The Morgan fingerprint density at radius 1 is 1.30 bits per heavy atom. The fraction of sp³-hybridized carbons (Fsp3) is 0.556. The van der Waals surface area contributed by atoms with E-state index in [4.69, 9.17) is 4.52 Å². The molecular formula is C18H27IN6O2. The van der Waals surface area contributed by atoms with Crippen LogP contribution >= 0.6 is 24.0 Å². The van der Waals surface area contributed by atoms with Crippen LogP contribution in [-0.4, -0.2) is 51.4 Å². The zero-order valence-corrected chi connectivity index (χ0v) is 17.8. The van der Waals surface area contributed by atoms with Gasteiger partial charge in [-0.2, -0.15) is 4.98 Å². The molecule has 0 spiro atoms.